The topological polar surface area (TPSA) is 45.4 Å². The maximum absolute atomic E-state index is 9.41. The highest BCUT2D eigenvalue weighted by molar-refractivity contribution is 5.33. The summed E-state index contributed by atoms with van der Waals surface area (Å²) in [5.41, 5.74) is 1.08. The molecule has 3 nitrogen and oxygen atoms in total. The Balaban J connectivity index is 2.23. The molecule has 0 aliphatic rings. The molecule has 1 aromatic heterocycles. The average Bonchev–Trinajstić information content (AvgIpc) is 2.52. The van der Waals surface area contributed by atoms with Gasteiger partial charge in [-0.05, 0) is 5.56 Å². The van der Waals surface area contributed by atoms with Gasteiger partial charge in [0.05, 0.1) is 6.54 Å². The molecule has 0 saturated heterocycles. The molecule has 0 bridgehead atoms. The third-order valence-corrected chi connectivity index (χ3v) is 2.11. The Hall–Kier alpha value is -1.90. The highest BCUT2D eigenvalue weighted by Crippen LogP contribution is 2.25. The molecule has 0 aliphatic heterocycles. The van der Waals surface area contributed by atoms with E-state index < -0.39 is 0 Å². The second kappa shape index (κ2) is 3.46. The lowest BCUT2D eigenvalue weighted by molar-refractivity contribution is 0.376. The van der Waals surface area contributed by atoms with E-state index in [1.807, 2.05) is 30.3 Å². The van der Waals surface area contributed by atoms with E-state index in [1.54, 1.807) is 10.8 Å². The number of benzene rings is 1. The molecule has 2 rings (SSSR count). The van der Waals surface area contributed by atoms with Crippen molar-refractivity contribution in [2.24, 2.45) is 0 Å². The smallest absolute Gasteiger partial charge is 0.234 e. The summed E-state index contributed by atoms with van der Waals surface area (Å²) in [7, 11) is 0. The molecular formula is C11H11NO2. The van der Waals surface area contributed by atoms with Gasteiger partial charge in [0, 0.05) is 12.3 Å². The number of aromatic hydroxyl groups is 2. The van der Waals surface area contributed by atoms with Gasteiger partial charge in [0.1, 0.15) is 0 Å². The fourth-order valence-corrected chi connectivity index (χ4v) is 1.36. The zero-order valence-corrected chi connectivity index (χ0v) is 7.59. The standard InChI is InChI=1S/C11H11NO2/c13-10-6-7-12(11(10)14)8-9-4-2-1-3-5-9/h1-7,13-14H,8H2. The molecule has 14 heavy (non-hydrogen) atoms. The lowest BCUT2D eigenvalue weighted by Gasteiger charge is -2.04. The van der Waals surface area contributed by atoms with E-state index in [-0.39, 0.29) is 11.6 Å². The van der Waals surface area contributed by atoms with Crippen LogP contribution < -0.4 is 0 Å². The molecule has 0 amide bonds. The van der Waals surface area contributed by atoms with E-state index >= 15 is 0 Å². The number of aromatic nitrogens is 1. The van der Waals surface area contributed by atoms with Gasteiger partial charge < -0.3 is 14.8 Å². The SMILES string of the molecule is Oc1ccn(Cc2ccccc2)c1O. The predicted octanol–water partition coefficient (Wildman–Crippen LogP) is 1.95. The highest BCUT2D eigenvalue weighted by Gasteiger charge is 2.05. The van der Waals surface area contributed by atoms with Gasteiger partial charge in [-0.3, -0.25) is 0 Å². The second-order valence-electron chi connectivity index (χ2n) is 3.14. The first-order valence-corrected chi connectivity index (χ1v) is 4.38. The molecule has 72 valence electrons. The number of rotatable bonds is 2. The van der Waals surface area contributed by atoms with Gasteiger partial charge in [-0.25, -0.2) is 0 Å². The van der Waals surface area contributed by atoms with Crippen LogP contribution >= 0.6 is 0 Å². The van der Waals surface area contributed by atoms with E-state index in [0.29, 0.717) is 6.54 Å². The van der Waals surface area contributed by atoms with Crippen LogP contribution in [0.5, 0.6) is 11.6 Å². The largest absolute Gasteiger partial charge is 0.503 e. The van der Waals surface area contributed by atoms with Gasteiger partial charge in [0.25, 0.3) is 0 Å². The van der Waals surface area contributed by atoms with Crippen LogP contribution in [0.15, 0.2) is 42.6 Å². The number of nitrogens with zero attached hydrogens (tertiary/aromatic N) is 1. The van der Waals surface area contributed by atoms with Crippen molar-refractivity contribution in [2.75, 3.05) is 0 Å². The molecule has 2 N–H and O–H groups in total. The van der Waals surface area contributed by atoms with Crippen molar-refractivity contribution in [3.05, 3.63) is 48.2 Å². The van der Waals surface area contributed by atoms with Crippen LogP contribution in [0.1, 0.15) is 5.56 Å². The minimum Gasteiger partial charge on any atom is -0.503 e. The molecular weight excluding hydrogens is 178 g/mol. The van der Waals surface area contributed by atoms with Crippen LogP contribution in [-0.2, 0) is 6.54 Å². The molecule has 0 spiro atoms. The van der Waals surface area contributed by atoms with Gasteiger partial charge in [0.15, 0.2) is 5.75 Å². The monoisotopic (exact) mass is 189 g/mol. The van der Waals surface area contributed by atoms with Crippen molar-refractivity contribution in [3.8, 4) is 11.6 Å². The Labute approximate surface area is 81.9 Å². The molecule has 0 aliphatic carbocycles. The van der Waals surface area contributed by atoms with Gasteiger partial charge in [-0.1, -0.05) is 30.3 Å². The predicted molar refractivity (Wildman–Crippen MR) is 53.3 cm³/mol. The van der Waals surface area contributed by atoms with E-state index in [4.69, 9.17) is 5.11 Å². The first kappa shape index (κ1) is 8.69. The van der Waals surface area contributed by atoms with E-state index in [9.17, 15) is 5.11 Å². The summed E-state index contributed by atoms with van der Waals surface area (Å²) in [4.78, 5) is 0. The summed E-state index contributed by atoms with van der Waals surface area (Å²) in [6.07, 6.45) is 1.65. The van der Waals surface area contributed by atoms with Crippen LogP contribution in [-0.4, -0.2) is 14.8 Å². The normalized spacial score (nSPS) is 10.3. The summed E-state index contributed by atoms with van der Waals surface area (Å²) in [6, 6.07) is 11.2. The van der Waals surface area contributed by atoms with Crippen LogP contribution in [0.25, 0.3) is 0 Å². The van der Waals surface area contributed by atoms with Crippen molar-refractivity contribution in [3.63, 3.8) is 0 Å². The third-order valence-electron chi connectivity index (χ3n) is 2.11. The Bertz CT molecular complexity index is 420. The summed E-state index contributed by atoms with van der Waals surface area (Å²) < 4.78 is 1.59. The minimum absolute atomic E-state index is 0.0825. The Morgan fingerprint density at radius 3 is 2.29 bits per heavy atom. The minimum atomic E-state index is -0.0890. The van der Waals surface area contributed by atoms with E-state index in [1.165, 1.54) is 6.07 Å². The Morgan fingerprint density at radius 1 is 1.00 bits per heavy atom. The number of hydrogen-bond donors (Lipinski definition) is 2. The summed E-state index contributed by atoms with van der Waals surface area (Å²) in [6.45, 7) is 0.563. The van der Waals surface area contributed by atoms with Crippen molar-refractivity contribution in [1.29, 1.82) is 0 Å². The Kier molecular flexibility index (Phi) is 2.14. The molecule has 0 fully saturated rings. The fourth-order valence-electron chi connectivity index (χ4n) is 1.36. The van der Waals surface area contributed by atoms with E-state index in [0.717, 1.165) is 5.56 Å². The summed E-state index contributed by atoms with van der Waals surface area (Å²) >= 11 is 0. The molecule has 3 heteroatoms. The van der Waals surface area contributed by atoms with Gasteiger partial charge in [-0.15, -0.1) is 0 Å². The number of hydrogen-bond acceptors (Lipinski definition) is 2. The molecule has 0 unspecified atom stereocenters. The Morgan fingerprint density at radius 2 is 1.71 bits per heavy atom. The molecule has 0 saturated carbocycles. The van der Waals surface area contributed by atoms with Crippen molar-refractivity contribution < 1.29 is 10.2 Å². The molecule has 0 radical (unpaired) electrons. The maximum atomic E-state index is 9.41. The fraction of sp³-hybridized carbons (Fsp3) is 0.0909. The van der Waals surface area contributed by atoms with Crippen LogP contribution in [0.2, 0.25) is 0 Å². The van der Waals surface area contributed by atoms with Crippen molar-refractivity contribution in [1.82, 2.24) is 4.57 Å². The van der Waals surface area contributed by atoms with Gasteiger partial charge >= 0.3 is 0 Å². The average molecular weight is 189 g/mol. The quantitative estimate of drug-likeness (QED) is 0.758. The molecule has 1 heterocycles. The molecule has 1 aromatic carbocycles. The highest BCUT2D eigenvalue weighted by atomic mass is 16.3. The summed E-state index contributed by atoms with van der Waals surface area (Å²) in [5.74, 6) is -0.171. The first-order chi connectivity index (χ1) is 6.77. The van der Waals surface area contributed by atoms with Crippen LogP contribution in [0.4, 0.5) is 0 Å². The second-order valence-corrected chi connectivity index (χ2v) is 3.14. The first-order valence-electron chi connectivity index (χ1n) is 4.38. The van der Waals surface area contributed by atoms with E-state index in [2.05, 4.69) is 0 Å². The molecule has 2 aromatic rings. The summed E-state index contributed by atoms with van der Waals surface area (Å²) in [5, 5.41) is 18.6. The molecule has 0 atom stereocenters. The van der Waals surface area contributed by atoms with Crippen LogP contribution in [0.3, 0.4) is 0 Å². The maximum Gasteiger partial charge on any atom is 0.234 e. The van der Waals surface area contributed by atoms with Gasteiger partial charge in [-0.2, -0.15) is 0 Å². The zero-order valence-electron chi connectivity index (χ0n) is 7.59. The third kappa shape index (κ3) is 1.57. The lowest BCUT2D eigenvalue weighted by atomic mass is 10.2. The zero-order chi connectivity index (χ0) is 9.97. The van der Waals surface area contributed by atoms with Crippen LogP contribution in [0, 0.1) is 0 Å². The van der Waals surface area contributed by atoms with Crippen molar-refractivity contribution >= 4 is 0 Å². The van der Waals surface area contributed by atoms with Gasteiger partial charge in [0.2, 0.25) is 5.88 Å². The van der Waals surface area contributed by atoms with Crippen molar-refractivity contribution in [2.45, 2.75) is 6.54 Å². The lowest BCUT2D eigenvalue weighted by Crippen LogP contribution is -1.96.